The molecule has 0 fully saturated rings. The molecule has 0 bridgehead atoms. The third-order valence-corrected chi connectivity index (χ3v) is 3.86. The van der Waals surface area contributed by atoms with Gasteiger partial charge in [0.15, 0.2) is 17.1 Å². The molecule has 2 aromatic heterocycles. The van der Waals surface area contributed by atoms with Gasteiger partial charge in [0.25, 0.3) is 0 Å². The third kappa shape index (κ3) is 2.34. The van der Waals surface area contributed by atoms with Crippen molar-refractivity contribution in [2.75, 3.05) is 0 Å². The number of fused-ring (bicyclic) bond motifs is 1. The fourth-order valence-electron chi connectivity index (χ4n) is 1.68. The zero-order valence-electron chi connectivity index (χ0n) is 9.65. The number of hydrogen-bond acceptors (Lipinski definition) is 4. The molecule has 94 valence electrons. The van der Waals surface area contributed by atoms with E-state index in [0.29, 0.717) is 15.7 Å². The molecule has 0 aliphatic rings. The highest BCUT2D eigenvalue weighted by atomic mass is 35.5. The fourth-order valence-corrected chi connectivity index (χ4v) is 2.87. The number of nitrogens with zero attached hydrogens (tertiary/aromatic N) is 3. The summed E-state index contributed by atoms with van der Waals surface area (Å²) in [5.41, 5.74) is 1.35. The summed E-state index contributed by atoms with van der Waals surface area (Å²) in [6, 6.07) is 10.8. The van der Waals surface area contributed by atoms with Gasteiger partial charge in [0.2, 0.25) is 0 Å². The molecule has 0 aliphatic carbocycles. The van der Waals surface area contributed by atoms with Crippen molar-refractivity contribution < 1.29 is 4.79 Å². The summed E-state index contributed by atoms with van der Waals surface area (Å²) >= 11 is 7.32. The first-order valence-corrected chi connectivity index (χ1v) is 6.70. The minimum absolute atomic E-state index is 0.585. The normalized spacial score (nSPS) is 10.8. The predicted molar refractivity (Wildman–Crippen MR) is 73.9 cm³/mol. The number of aldehydes is 1. The van der Waals surface area contributed by atoms with Crippen LogP contribution < -0.4 is 0 Å². The first kappa shape index (κ1) is 12.2. The van der Waals surface area contributed by atoms with E-state index in [4.69, 9.17) is 11.6 Å². The van der Waals surface area contributed by atoms with Crippen molar-refractivity contribution >= 4 is 35.3 Å². The maximum Gasteiger partial charge on any atom is 0.200 e. The van der Waals surface area contributed by atoms with Crippen LogP contribution in [0.3, 0.4) is 0 Å². The molecule has 0 saturated heterocycles. The van der Waals surface area contributed by atoms with Gasteiger partial charge in [0.1, 0.15) is 0 Å². The van der Waals surface area contributed by atoms with E-state index in [0.717, 1.165) is 16.8 Å². The Bertz CT molecular complexity index is 756. The molecule has 3 aromatic rings. The van der Waals surface area contributed by atoms with Gasteiger partial charge in [-0.05, 0) is 42.1 Å². The van der Waals surface area contributed by atoms with Gasteiger partial charge in [-0.25, -0.2) is 0 Å². The van der Waals surface area contributed by atoms with E-state index in [1.807, 2.05) is 28.8 Å². The molecule has 0 saturated carbocycles. The highest BCUT2D eigenvalue weighted by molar-refractivity contribution is 7.99. The van der Waals surface area contributed by atoms with Crippen LogP contribution in [-0.2, 0) is 0 Å². The molecular formula is C13H8ClN3OS. The van der Waals surface area contributed by atoms with Gasteiger partial charge < -0.3 is 0 Å². The van der Waals surface area contributed by atoms with E-state index >= 15 is 0 Å². The minimum atomic E-state index is 0.585. The van der Waals surface area contributed by atoms with Crippen molar-refractivity contribution in [1.82, 2.24) is 14.6 Å². The molecule has 0 aliphatic heterocycles. The Labute approximate surface area is 118 Å². The molecule has 2 heterocycles. The van der Waals surface area contributed by atoms with Crippen LogP contribution in [0.15, 0.2) is 52.6 Å². The summed E-state index contributed by atoms with van der Waals surface area (Å²) in [4.78, 5) is 11.8. The Morgan fingerprint density at radius 1 is 1.21 bits per heavy atom. The molecule has 0 amide bonds. The zero-order chi connectivity index (χ0) is 13.2. The molecule has 0 atom stereocenters. The highest BCUT2D eigenvalue weighted by Crippen LogP contribution is 2.30. The van der Waals surface area contributed by atoms with E-state index in [2.05, 4.69) is 10.2 Å². The van der Waals surface area contributed by atoms with Gasteiger partial charge in [0, 0.05) is 21.7 Å². The SMILES string of the molecule is O=Cc1ccc(Cl)cc1Sc1nnc2ccccn12. The van der Waals surface area contributed by atoms with Gasteiger partial charge >= 0.3 is 0 Å². The van der Waals surface area contributed by atoms with E-state index in [1.165, 1.54) is 11.8 Å². The van der Waals surface area contributed by atoms with E-state index in [1.54, 1.807) is 18.2 Å². The number of rotatable bonds is 3. The van der Waals surface area contributed by atoms with Crippen molar-refractivity contribution in [3.05, 3.63) is 53.2 Å². The average molecular weight is 290 g/mol. The third-order valence-electron chi connectivity index (χ3n) is 2.59. The summed E-state index contributed by atoms with van der Waals surface area (Å²) in [6.45, 7) is 0. The van der Waals surface area contributed by atoms with Crippen LogP contribution in [0.1, 0.15) is 10.4 Å². The molecule has 19 heavy (non-hydrogen) atoms. The maximum absolute atomic E-state index is 11.0. The molecule has 0 N–H and O–H groups in total. The molecule has 0 radical (unpaired) electrons. The lowest BCUT2D eigenvalue weighted by molar-refractivity contribution is 0.112. The van der Waals surface area contributed by atoms with Crippen molar-refractivity contribution in [1.29, 1.82) is 0 Å². The molecular weight excluding hydrogens is 282 g/mol. The lowest BCUT2D eigenvalue weighted by Crippen LogP contribution is -1.89. The highest BCUT2D eigenvalue weighted by Gasteiger charge is 2.10. The molecule has 3 rings (SSSR count). The Kier molecular flexibility index (Phi) is 3.23. The van der Waals surface area contributed by atoms with Crippen LogP contribution in [0.5, 0.6) is 0 Å². The molecule has 0 spiro atoms. The first-order chi connectivity index (χ1) is 9.28. The summed E-state index contributed by atoms with van der Waals surface area (Å²) < 4.78 is 1.86. The van der Waals surface area contributed by atoms with E-state index < -0.39 is 0 Å². The van der Waals surface area contributed by atoms with E-state index in [-0.39, 0.29) is 0 Å². The van der Waals surface area contributed by atoms with Gasteiger partial charge in [0.05, 0.1) is 0 Å². The average Bonchev–Trinajstić information content (AvgIpc) is 2.83. The van der Waals surface area contributed by atoms with E-state index in [9.17, 15) is 4.79 Å². The number of pyridine rings is 1. The molecule has 6 heteroatoms. The van der Waals surface area contributed by atoms with Crippen LogP contribution in [0, 0.1) is 0 Å². The Hall–Kier alpha value is -1.85. The predicted octanol–water partition coefficient (Wildman–Crippen LogP) is 3.35. The monoisotopic (exact) mass is 289 g/mol. The number of carbonyl (C=O) groups is 1. The summed E-state index contributed by atoms with van der Waals surface area (Å²) in [6.07, 6.45) is 2.69. The van der Waals surface area contributed by atoms with Crippen molar-refractivity contribution in [3.63, 3.8) is 0 Å². The largest absolute Gasteiger partial charge is 0.298 e. The van der Waals surface area contributed by atoms with Gasteiger partial charge in [-0.2, -0.15) is 0 Å². The second kappa shape index (κ2) is 5.03. The molecule has 0 unspecified atom stereocenters. The quantitative estimate of drug-likeness (QED) is 0.694. The number of aromatic nitrogens is 3. The summed E-state index contributed by atoms with van der Waals surface area (Å²) in [7, 11) is 0. The lowest BCUT2D eigenvalue weighted by Gasteiger charge is -2.03. The van der Waals surface area contributed by atoms with Crippen molar-refractivity contribution in [3.8, 4) is 0 Å². The number of carbonyl (C=O) groups excluding carboxylic acids is 1. The second-order valence-corrected chi connectivity index (χ2v) is 5.26. The van der Waals surface area contributed by atoms with Crippen molar-refractivity contribution in [2.24, 2.45) is 0 Å². The van der Waals surface area contributed by atoms with Crippen molar-refractivity contribution in [2.45, 2.75) is 10.1 Å². The molecule has 4 nitrogen and oxygen atoms in total. The van der Waals surface area contributed by atoms with Gasteiger partial charge in [-0.1, -0.05) is 17.7 Å². The molecule has 1 aromatic carbocycles. The Balaban J connectivity index is 2.05. The van der Waals surface area contributed by atoms with Gasteiger partial charge in [-0.15, -0.1) is 10.2 Å². The first-order valence-electron chi connectivity index (χ1n) is 5.50. The van der Waals surface area contributed by atoms with Crippen LogP contribution >= 0.6 is 23.4 Å². The van der Waals surface area contributed by atoms with Crippen LogP contribution in [0.2, 0.25) is 5.02 Å². The van der Waals surface area contributed by atoms with Crippen LogP contribution in [0.25, 0.3) is 5.65 Å². The smallest absolute Gasteiger partial charge is 0.200 e. The zero-order valence-corrected chi connectivity index (χ0v) is 11.2. The standard InChI is InChI=1S/C13H8ClN3OS/c14-10-5-4-9(8-18)11(7-10)19-13-16-15-12-3-1-2-6-17(12)13/h1-8H. The van der Waals surface area contributed by atoms with Gasteiger partial charge in [-0.3, -0.25) is 9.20 Å². The van der Waals surface area contributed by atoms with Crippen LogP contribution in [0.4, 0.5) is 0 Å². The lowest BCUT2D eigenvalue weighted by atomic mass is 10.2. The minimum Gasteiger partial charge on any atom is -0.298 e. The number of benzene rings is 1. The summed E-state index contributed by atoms with van der Waals surface area (Å²) in [5, 5.41) is 9.46. The topological polar surface area (TPSA) is 47.3 Å². The number of halogens is 1. The maximum atomic E-state index is 11.0. The summed E-state index contributed by atoms with van der Waals surface area (Å²) in [5.74, 6) is 0. The second-order valence-electron chi connectivity index (χ2n) is 3.81. The Morgan fingerprint density at radius 3 is 2.95 bits per heavy atom. The Morgan fingerprint density at radius 2 is 2.11 bits per heavy atom. The number of hydrogen-bond donors (Lipinski definition) is 0. The van der Waals surface area contributed by atoms with Crippen LogP contribution in [-0.4, -0.2) is 20.9 Å². The fraction of sp³-hybridized carbons (Fsp3) is 0.